The molecule has 0 radical (unpaired) electrons. The van der Waals surface area contributed by atoms with E-state index in [2.05, 4.69) is 0 Å². The number of carbonyl (C=O) groups excluding carboxylic acids is 1. The van der Waals surface area contributed by atoms with E-state index in [1.807, 2.05) is 0 Å². The highest BCUT2D eigenvalue weighted by Crippen LogP contribution is 2.26. The highest BCUT2D eigenvalue weighted by molar-refractivity contribution is 5.85. The summed E-state index contributed by atoms with van der Waals surface area (Å²) in [6, 6.07) is -0.793. The van der Waals surface area contributed by atoms with Gasteiger partial charge in [-0.2, -0.15) is 0 Å². The third kappa shape index (κ3) is 2.77. The maximum absolute atomic E-state index is 12.3. The Morgan fingerprint density at radius 1 is 1.18 bits per heavy atom. The van der Waals surface area contributed by atoms with Crippen LogP contribution < -0.4 is 0 Å². The lowest BCUT2D eigenvalue weighted by molar-refractivity contribution is -0.160. The van der Waals surface area contributed by atoms with Crippen LogP contribution in [-0.2, 0) is 14.3 Å². The summed E-state index contributed by atoms with van der Waals surface area (Å²) in [7, 11) is 0. The van der Waals surface area contributed by atoms with Gasteiger partial charge in [0.1, 0.15) is 0 Å². The second kappa shape index (κ2) is 5.49. The minimum absolute atomic E-state index is 0.0143. The number of amides is 1. The first kappa shape index (κ1) is 12.4. The van der Waals surface area contributed by atoms with Crippen molar-refractivity contribution in [1.29, 1.82) is 0 Å². The average molecular weight is 241 g/mol. The van der Waals surface area contributed by atoms with Crippen LogP contribution in [0, 0.1) is 5.92 Å². The van der Waals surface area contributed by atoms with E-state index in [4.69, 9.17) is 9.84 Å². The van der Waals surface area contributed by atoms with Crippen molar-refractivity contribution in [1.82, 2.24) is 4.90 Å². The number of carboxylic acid groups (broad SMARTS) is 1. The summed E-state index contributed by atoms with van der Waals surface area (Å²) in [6.07, 6.45) is 5.16. The normalized spacial score (nSPS) is 26.8. The summed E-state index contributed by atoms with van der Waals surface area (Å²) >= 11 is 0. The molecular weight excluding hydrogens is 222 g/mol. The third-order valence-electron chi connectivity index (χ3n) is 3.65. The Labute approximate surface area is 101 Å². The van der Waals surface area contributed by atoms with Gasteiger partial charge in [0.15, 0.2) is 6.04 Å². The third-order valence-corrected chi connectivity index (χ3v) is 3.65. The number of morpholine rings is 1. The Morgan fingerprint density at radius 2 is 1.88 bits per heavy atom. The first-order chi connectivity index (χ1) is 8.20. The van der Waals surface area contributed by atoms with E-state index in [1.165, 1.54) is 11.3 Å². The van der Waals surface area contributed by atoms with E-state index in [-0.39, 0.29) is 18.4 Å². The van der Waals surface area contributed by atoms with Crippen LogP contribution in [0.15, 0.2) is 0 Å². The molecular formula is C12H19NO4. The molecule has 1 amide bonds. The largest absolute Gasteiger partial charge is 0.480 e. The van der Waals surface area contributed by atoms with Crippen molar-refractivity contribution < 1.29 is 19.4 Å². The molecule has 2 fully saturated rings. The fourth-order valence-corrected chi connectivity index (χ4v) is 2.66. The van der Waals surface area contributed by atoms with Crippen LogP contribution in [0.4, 0.5) is 0 Å². The van der Waals surface area contributed by atoms with Crippen LogP contribution in [0.2, 0.25) is 0 Å². The van der Waals surface area contributed by atoms with Gasteiger partial charge in [-0.1, -0.05) is 19.3 Å². The van der Waals surface area contributed by atoms with E-state index in [0.29, 0.717) is 13.2 Å². The molecule has 0 bridgehead atoms. The quantitative estimate of drug-likeness (QED) is 0.779. The summed E-state index contributed by atoms with van der Waals surface area (Å²) in [5.41, 5.74) is 0. The molecule has 5 heteroatoms. The van der Waals surface area contributed by atoms with Crippen molar-refractivity contribution in [3.05, 3.63) is 0 Å². The Kier molecular flexibility index (Phi) is 3.99. The highest BCUT2D eigenvalue weighted by atomic mass is 16.5. The summed E-state index contributed by atoms with van der Waals surface area (Å²) in [6.45, 7) is 0.975. The van der Waals surface area contributed by atoms with Crippen molar-refractivity contribution in [2.24, 2.45) is 5.92 Å². The van der Waals surface area contributed by atoms with Gasteiger partial charge in [-0.05, 0) is 12.8 Å². The van der Waals surface area contributed by atoms with Gasteiger partial charge in [-0.15, -0.1) is 0 Å². The fraction of sp³-hybridized carbons (Fsp3) is 0.833. The number of carbonyl (C=O) groups is 2. The zero-order valence-corrected chi connectivity index (χ0v) is 9.93. The van der Waals surface area contributed by atoms with E-state index < -0.39 is 12.0 Å². The molecule has 1 aliphatic heterocycles. The molecule has 0 aromatic carbocycles. The number of ether oxygens (including phenoxy) is 1. The summed E-state index contributed by atoms with van der Waals surface area (Å²) in [5, 5.41) is 9.08. The standard InChI is InChI=1S/C12H19NO4/c14-11(9-4-2-1-3-5-9)13-6-7-17-8-10(13)12(15)16/h9-10H,1-8H2,(H,15,16)/t10-/m0/s1. The van der Waals surface area contributed by atoms with Gasteiger partial charge in [0, 0.05) is 12.5 Å². The molecule has 1 heterocycles. The Morgan fingerprint density at radius 3 is 2.53 bits per heavy atom. The Bertz CT molecular complexity index is 299. The zero-order valence-electron chi connectivity index (χ0n) is 9.93. The van der Waals surface area contributed by atoms with Crippen LogP contribution in [0.5, 0.6) is 0 Å². The second-order valence-electron chi connectivity index (χ2n) is 4.80. The van der Waals surface area contributed by atoms with Gasteiger partial charge in [-0.3, -0.25) is 4.79 Å². The molecule has 1 aliphatic carbocycles. The van der Waals surface area contributed by atoms with Gasteiger partial charge >= 0.3 is 5.97 Å². The van der Waals surface area contributed by atoms with Crippen LogP contribution in [-0.4, -0.2) is 47.7 Å². The molecule has 2 aliphatic rings. The van der Waals surface area contributed by atoms with E-state index in [9.17, 15) is 9.59 Å². The molecule has 0 aromatic rings. The van der Waals surface area contributed by atoms with E-state index >= 15 is 0 Å². The van der Waals surface area contributed by atoms with Crippen molar-refractivity contribution in [2.75, 3.05) is 19.8 Å². The molecule has 1 saturated carbocycles. The molecule has 17 heavy (non-hydrogen) atoms. The molecule has 2 rings (SSSR count). The first-order valence-electron chi connectivity index (χ1n) is 6.31. The summed E-state index contributed by atoms with van der Waals surface area (Å²) < 4.78 is 5.14. The monoisotopic (exact) mass is 241 g/mol. The van der Waals surface area contributed by atoms with E-state index in [1.54, 1.807) is 0 Å². The van der Waals surface area contributed by atoms with Crippen molar-refractivity contribution in [3.63, 3.8) is 0 Å². The van der Waals surface area contributed by atoms with Gasteiger partial charge < -0.3 is 14.7 Å². The predicted molar refractivity (Wildman–Crippen MR) is 60.5 cm³/mol. The van der Waals surface area contributed by atoms with Crippen molar-refractivity contribution >= 4 is 11.9 Å². The minimum Gasteiger partial charge on any atom is -0.480 e. The molecule has 0 aromatic heterocycles. The number of hydrogen-bond acceptors (Lipinski definition) is 3. The number of nitrogens with zero attached hydrogens (tertiary/aromatic N) is 1. The fourth-order valence-electron chi connectivity index (χ4n) is 2.66. The molecule has 1 N–H and O–H groups in total. The molecule has 0 unspecified atom stereocenters. The van der Waals surface area contributed by atoms with Crippen LogP contribution in [0.3, 0.4) is 0 Å². The summed E-state index contributed by atoms with van der Waals surface area (Å²) in [5.74, 6) is -0.919. The molecule has 96 valence electrons. The molecule has 1 atom stereocenters. The Balaban J connectivity index is 2.02. The van der Waals surface area contributed by atoms with Crippen molar-refractivity contribution in [2.45, 2.75) is 38.1 Å². The maximum atomic E-state index is 12.3. The smallest absolute Gasteiger partial charge is 0.328 e. The highest BCUT2D eigenvalue weighted by Gasteiger charge is 2.36. The molecule has 0 spiro atoms. The van der Waals surface area contributed by atoms with Gasteiger partial charge in [0.05, 0.1) is 13.2 Å². The average Bonchev–Trinajstić information content (AvgIpc) is 2.39. The SMILES string of the molecule is O=C(O)[C@@H]1COCCN1C(=O)C1CCCCC1. The topological polar surface area (TPSA) is 66.8 Å². The first-order valence-corrected chi connectivity index (χ1v) is 6.31. The molecule has 1 saturated heterocycles. The number of hydrogen-bond donors (Lipinski definition) is 1. The Hall–Kier alpha value is -1.10. The van der Waals surface area contributed by atoms with Crippen LogP contribution >= 0.6 is 0 Å². The van der Waals surface area contributed by atoms with E-state index in [0.717, 1.165) is 25.7 Å². The lowest BCUT2D eigenvalue weighted by Gasteiger charge is -2.36. The van der Waals surface area contributed by atoms with Crippen LogP contribution in [0.1, 0.15) is 32.1 Å². The van der Waals surface area contributed by atoms with Crippen molar-refractivity contribution in [3.8, 4) is 0 Å². The lowest BCUT2D eigenvalue weighted by atomic mass is 9.88. The maximum Gasteiger partial charge on any atom is 0.328 e. The number of aliphatic carboxylic acids is 1. The zero-order chi connectivity index (χ0) is 12.3. The lowest BCUT2D eigenvalue weighted by Crippen LogP contribution is -2.54. The predicted octanol–water partition coefficient (Wildman–Crippen LogP) is 0.879. The van der Waals surface area contributed by atoms with Crippen LogP contribution in [0.25, 0.3) is 0 Å². The number of rotatable bonds is 2. The molecule has 5 nitrogen and oxygen atoms in total. The van der Waals surface area contributed by atoms with Gasteiger partial charge in [-0.25, -0.2) is 4.79 Å². The number of carboxylic acids is 1. The van der Waals surface area contributed by atoms with Gasteiger partial charge in [0.25, 0.3) is 0 Å². The second-order valence-corrected chi connectivity index (χ2v) is 4.80. The minimum atomic E-state index is -0.964. The van der Waals surface area contributed by atoms with Gasteiger partial charge in [0.2, 0.25) is 5.91 Å². The summed E-state index contributed by atoms with van der Waals surface area (Å²) in [4.78, 5) is 24.9.